The summed E-state index contributed by atoms with van der Waals surface area (Å²) in [6, 6.07) is 11.7. The van der Waals surface area contributed by atoms with E-state index in [0.29, 0.717) is 35.7 Å². The number of methoxy groups -OCH3 is 1. The molecule has 0 aliphatic heterocycles. The van der Waals surface area contributed by atoms with Gasteiger partial charge in [0.1, 0.15) is 22.9 Å². The Hall–Kier alpha value is -2.82. The Kier molecular flexibility index (Phi) is 4.74. The van der Waals surface area contributed by atoms with Gasteiger partial charge in [-0.1, -0.05) is 12.1 Å². The molecule has 0 unspecified atom stereocenters. The number of carbonyl (C=O) groups is 1. The van der Waals surface area contributed by atoms with E-state index in [1.165, 1.54) is 12.1 Å². The molecule has 2 aromatic carbocycles. The Morgan fingerprint density at radius 1 is 1.24 bits per heavy atom. The van der Waals surface area contributed by atoms with Crippen LogP contribution in [0, 0.1) is 12.7 Å². The van der Waals surface area contributed by atoms with Gasteiger partial charge in [-0.25, -0.2) is 4.39 Å². The van der Waals surface area contributed by atoms with Gasteiger partial charge in [-0.05, 0) is 49.7 Å². The summed E-state index contributed by atoms with van der Waals surface area (Å²) in [6.45, 7) is 4.51. The number of halogens is 1. The molecule has 3 aromatic rings. The van der Waals surface area contributed by atoms with Crippen molar-refractivity contribution < 1.29 is 18.3 Å². The van der Waals surface area contributed by atoms with Crippen LogP contribution in [-0.2, 0) is 6.54 Å². The Balaban J connectivity index is 1.97. The second kappa shape index (κ2) is 6.97. The number of hydrogen-bond donors (Lipinski definition) is 0. The molecule has 0 aliphatic carbocycles. The smallest absolute Gasteiger partial charge is 0.258 e. The molecule has 130 valence electrons. The molecular formula is C20H20FNO3. The van der Waals surface area contributed by atoms with Crippen LogP contribution < -0.4 is 4.74 Å². The van der Waals surface area contributed by atoms with E-state index in [-0.39, 0.29) is 11.7 Å². The van der Waals surface area contributed by atoms with Crippen LogP contribution in [0.3, 0.4) is 0 Å². The molecule has 0 saturated heterocycles. The van der Waals surface area contributed by atoms with Gasteiger partial charge in [0.2, 0.25) is 0 Å². The van der Waals surface area contributed by atoms with E-state index >= 15 is 0 Å². The number of furan rings is 1. The number of carbonyl (C=O) groups excluding carboxylic acids is 1. The first-order chi connectivity index (χ1) is 12.0. The van der Waals surface area contributed by atoms with E-state index in [1.807, 2.05) is 13.0 Å². The van der Waals surface area contributed by atoms with Gasteiger partial charge < -0.3 is 14.1 Å². The molecule has 1 amide bonds. The van der Waals surface area contributed by atoms with Crippen LogP contribution in [0.15, 0.2) is 46.9 Å². The first-order valence-corrected chi connectivity index (χ1v) is 8.14. The van der Waals surface area contributed by atoms with Crippen LogP contribution in [0.4, 0.5) is 4.39 Å². The maximum absolute atomic E-state index is 13.4. The van der Waals surface area contributed by atoms with Gasteiger partial charge in [-0.15, -0.1) is 0 Å². The summed E-state index contributed by atoms with van der Waals surface area (Å²) < 4.78 is 24.4. The molecule has 5 heteroatoms. The molecule has 25 heavy (non-hydrogen) atoms. The van der Waals surface area contributed by atoms with E-state index in [4.69, 9.17) is 9.15 Å². The van der Waals surface area contributed by atoms with E-state index in [9.17, 15) is 9.18 Å². The Bertz CT molecular complexity index is 916. The minimum Gasteiger partial charge on any atom is -0.497 e. The molecule has 0 atom stereocenters. The summed E-state index contributed by atoms with van der Waals surface area (Å²) in [4.78, 5) is 14.8. The Labute approximate surface area is 145 Å². The average molecular weight is 341 g/mol. The summed E-state index contributed by atoms with van der Waals surface area (Å²) in [5.41, 5.74) is 1.91. The number of hydrogen-bond acceptors (Lipinski definition) is 3. The Morgan fingerprint density at radius 3 is 2.72 bits per heavy atom. The highest BCUT2D eigenvalue weighted by Crippen LogP contribution is 2.30. The SMILES string of the molecule is CCN(Cc1cccc(F)c1)C(=O)c1c(C)oc2ccc(OC)cc12. The highest BCUT2D eigenvalue weighted by Gasteiger charge is 2.23. The van der Waals surface area contributed by atoms with Crippen molar-refractivity contribution in [2.24, 2.45) is 0 Å². The molecule has 0 fully saturated rings. The van der Waals surface area contributed by atoms with Crippen molar-refractivity contribution in [1.29, 1.82) is 0 Å². The summed E-state index contributed by atoms with van der Waals surface area (Å²) in [5, 5.41) is 0.722. The molecule has 0 radical (unpaired) electrons. The van der Waals surface area contributed by atoms with Crippen molar-refractivity contribution in [1.82, 2.24) is 4.90 Å². The van der Waals surface area contributed by atoms with Crippen LogP contribution >= 0.6 is 0 Å². The van der Waals surface area contributed by atoms with Crippen LogP contribution in [0.2, 0.25) is 0 Å². The normalized spacial score (nSPS) is 10.9. The van der Waals surface area contributed by atoms with E-state index < -0.39 is 0 Å². The van der Waals surface area contributed by atoms with Crippen molar-refractivity contribution in [3.63, 3.8) is 0 Å². The Morgan fingerprint density at radius 2 is 2.04 bits per heavy atom. The maximum Gasteiger partial charge on any atom is 0.258 e. The van der Waals surface area contributed by atoms with E-state index in [0.717, 1.165) is 10.9 Å². The number of fused-ring (bicyclic) bond motifs is 1. The number of nitrogens with zero attached hydrogens (tertiary/aromatic N) is 1. The van der Waals surface area contributed by atoms with Gasteiger partial charge in [-0.3, -0.25) is 4.79 Å². The minimum atomic E-state index is -0.310. The fourth-order valence-corrected chi connectivity index (χ4v) is 2.93. The standard InChI is InChI=1S/C20H20FNO3/c1-4-22(12-14-6-5-7-15(21)10-14)20(23)19-13(2)25-18-9-8-16(24-3)11-17(18)19/h5-11H,4,12H2,1-3H3. The van der Waals surface area contributed by atoms with Gasteiger partial charge in [0.15, 0.2) is 0 Å². The molecular weight excluding hydrogens is 321 g/mol. The molecule has 4 nitrogen and oxygen atoms in total. The second-order valence-electron chi connectivity index (χ2n) is 5.84. The summed E-state index contributed by atoms with van der Waals surface area (Å²) in [7, 11) is 1.58. The predicted molar refractivity (Wildman–Crippen MR) is 94.3 cm³/mol. The van der Waals surface area contributed by atoms with Crippen LogP contribution in [0.5, 0.6) is 5.75 Å². The number of ether oxygens (including phenoxy) is 1. The fourth-order valence-electron chi connectivity index (χ4n) is 2.93. The van der Waals surface area contributed by atoms with Crippen LogP contribution in [0.25, 0.3) is 11.0 Å². The topological polar surface area (TPSA) is 42.7 Å². The number of benzene rings is 2. The molecule has 0 bridgehead atoms. The van der Waals surface area contributed by atoms with Crippen molar-refractivity contribution >= 4 is 16.9 Å². The quantitative estimate of drug-likeness (QED) is 0.684. The molecule has 0 spiro atoms. The predicted octanol–water partition coefficient (Wildman–Crippen LogP) is 4.55. The molecule has 0 N–H and O–H groups in total. The lowest BCUT2D eigenvalue weighted by Gasteiger charge is -2.21. The number of rotatable bonds is 5. The zero-order chi connectivity index (χ0) is 18.0. The average Bonchev–Trinajstić information content (AvgIpc) is 2.93. The highest BCUT2D eigenvalue weighted by atomic mass is 19.1. The molecule has 3 rings (SSSR count). The molecule has 0 aliphatic rings. The zero-order valence-corrected chi connectivity index (χ0v) is 14.5. The highest BCUT2D eigenvalue weighted by molar-refractivity contribution is 6.07. The van der Waals surface area contributed by atoms with E-state index in [1.54, 1.807) is 43.2 Å². The first kappa shape index (κ1) is 17.0. The van der Waals surface area contributed by atoms with Gasteiger partial charge in [0.25, 0.3) is 5.91 Å². The van der Waals surface area contributed by atoms with Gasteiger partial charge in [0.05, 0.1) is 12.7 Å². The monoisotopic (exact) mass is 341 g/mol. The zero-order valence-electron chi connectivity index (χ0n) is 14.5. The second-order valence-corrected chi connectivity index (χ2v) is 5.84. The first-order valence-electron chi connectivity index (χ1n) is 8.14. The minimum absolute atomic E-state index is 0.142. The summed E-state index contributed by atoms with van der Waals surface area (Å²) >= 11 is 0. The van der Waals surface area contributed by atoms with Gasteiger partial charge in [-0.2, -0.15) is 0 Å². The van der Waals surface area contributed by atoms with Gasteiger partial charge >= 0.3 is 0 Å². The van der Waals surface area contributed by atoms with Crippen molar-refractivity contribution in [2.45, 2.75) is 20.4 Å². The number of amides is 1. The van der Waals surface area contributed by atoms with Crippen molar-refractivity contribution in [3.05, 3.63) is 65.2 Å². The molecule has 1 aromatic heterocycles. The van der Waals surface area contributed by atoms with Gasteiger partial charge in [0, 0.05) is 18.5 Å². The molecule has 0 saturated carbocycles. The lowest BCUT2D eigenvalue weighted by Crippen LogP contribution is -2.30. The van der Waals surface area contributed by atoms with E-state index in [2.05, 4.69) is 0 Å². The van der Waals surface area contributed by atoms with Crippen molar-refractivity contribution in [3.8, 4) is 5.75 Å². The maximum atomic E-state index is 13.4. The number of aryl methyl sites for hydroxylation is 1. The van der Waals surface area contributed by atoms with Crippen LogP contribution in [-0.4, -0.2) is 24.5 Å². The van der Waals surface area contributed by atoms with Crippen molar-refractivity contribution in [2.75, 3.05) is 13.7 Å². The third-order valence-corrected chi connectivity index (χ3v) is 4.22. The largest absolute Gasteiger partial charge is 0.497 e. The molecule has 1 heterocycles. The third-order valence-electron chi connectivity index (χ3n) is 4.22. The lowest BCUT2D eigenvalue weighted by molar-refractivity contribution is 0.0752. The summed E-state index contributed by atoms with van der Waals surface area (Å²) in [6.07, 6.45) is 0. The fraction of sp³-hybridized carbons (Fsp3) is 0.250. The lowest BCUT2D eigenvalue weighted by atomic mass is 10.1. The van der Waals surface area contributed by atoms with Crippen LogP contribution in [0.1, 0.15) is 28.6 Å². The summed E-state index contributed by atoms with van der Waals surface area (Å²) in [5.74, 6) is 0.772. The third kappa shape index (κ3) is 3.36.